The number of nitrogens with zero attached hydrogens (tertiary/aromatic N) is 3. The molecular weight excluding hydrogens is 402 g/mol. The van der Waals surface area contributed by atoms with Crippen molar-refractivity contribution >= 4 is 29.1 Å². The molecular formula is C22H18ClN5O2. The maximum Gasteiger partial charge on any atom is 0.265 e. The Kier molecular flexibility index (Phi) is 5.12. The van der Waals surface area contributed by atoms with Gasteiger partial charge in [0.25, 0.3) is 11.8 Å². The smallest absolute Gasteiger partial charge is 0.265 e. The molecule has 0 saturated heterocycles. The molecule has 0 saturated carbocycles. The summed E-state index contributed by atoms with van der Waals surface area (Å²) in [6, 6.07) is 18.1. The fraction of sp³-hybridized carbons (Fsp3) is 0.0455. The zero-order chi connectivity index (χ0) is 21.3. The topological polar surface area (TPSA) is 94.9 Å². The molecule has 2 aromatic carbocycles. The number of hydrogen-bond donors (Lipinski definition) is 2. The van der Waals surface area contributed by atoms with E-state index in [9.17, 15) is 9.59 Å². The summed E-state index contributed by atoms with van der Waals surface area (Å²) in [6.07, 6.45) is 3.30. The first-order valence-corrected chi connectivity index (χ1v) is 9.49. The second kappa shape index (κ2) is 7.88. The van der Waals surface area contributed by atoms with Crippen LogP contribution in [0.2, 0.25) is 5.02 Å². The second-order valence-electron chi connectivity index (χ2n) is 6.72. The molecule has 0 aliphatic carbocycles. The Hall–Kier alpha value is -3.84. The summed E-state index contributed by atoms with van der Waals surface area (Å²) in [6.45, 7) is 0. The highest BCUT2D eigenvalue weighted by atomic mass is 35.5. The summed E-state index contributed by atoms with van der Waals surface area (Å²) in [5.74, 6) is -0.930. The Morgan fingerprint density at radius 2 is 1.73 bits per heavy atom. The number of carbonyl (C=O) groups excluding carboxylic acids is 2. The van der Waals surface area contributed by atoms with Crippen molar-refractivity contribution < 1.29 is 9.59 Å². The van der Waals surface area contributed by atoms with Crippen LogP contribution in [-0.4, -0.2) is 26.2 Å². The summed E-state index contributed by atoms with van der Waals surface area (Å²) in [5.41, 5.74) is 8.58. The number of hydrogen-bond acceptors (Lipinski definition) is 3. The number of nitrogens with one attached hydrogen (secondary N) is 1. The van der Waals surface area contributed by atoms with Crippen molar-refractivity contribution in [3.63, 3.8) is 0 Å². The predicted molar refractivity (Wildman–Crippen MR) is 116 cm³/mol. The summed E-state index contributed by atoms with van der Waals surface area (Å²) < 4.78 is 3.21. The zero-order valence-corrected chi connectivity index (χ0v) is 16.8. The van der Waals surface area contributed by atoms with Crippen molar-refractivity contribution in [2.45, 2.75) is 0 Å². The van der Waals surface area contributed by atoms with E-state index in [1.807, 2.05) is 42.5 Å². The van der Waals surface area contributed by atoms with Crippen LogP contribution in [0.15, 0.2) is 73.1 Å². The van der Waals surface area contributed by atoms with Gasteiger partial charge >= 0.3 is 0 Å². The highest BCUT2D eigenvalue weighted by Crippen LogP contribution is 2.26. The van der Waals surface area contributed by atoms with Gasteiger partial charge in [0, 0.05) is 30.0 Å². The summed E-state index contributed by atoms with van der Waals surface area (Å²) in [7, 11) is 1.68. The normalized spacial score (nSPS) is 10.7. The van der Waals surface area contributed by atoms with Gasteiger partial charge in [0.1, 0.15) is 11.4 Å². The van der Waals surface area contributed by atoms with Crippen LogP contribution in [0.3, 0.4) is 0 Å². The molecule has 0 spiro atoms. The Labute approximate surface area is 177 Å². The Morgan fingerprint density at radius 1 is 1.03 bits per heavy atom. The van der Waals surface area contributed by atoms with E-state index in [2.05, 4.69) is 10.4 Å². The number of para-hydroxylation sites is 1. The lowest BCUT2D eigenvalue weighted by Gasteiger charge is -2.03. The van der Waals surface area contributed by atoms with Crippen molar-refractivity contribution in [2.75, 3.05) is 5.32 Å². The lowest BCUT2D eigenvalue weighted by molar-refractivity contribution is 0.0990. The van der Waals surface area contributed by atoms with E-state index in [1.165, 1.54) is 6.07 Å². The molecule has 3 N–H and O–H groups in total. The van der Waals surface area contributed by atoms with Gasteiger partial charge in [0.05, 0.1) is 16.9 Å². The van der Waals surface area contributed by atoms with Crippen LogP contribution >= 0.6 is 11.6 Å². The minimum absolute atomic E-state index is 0.295. The van der Waals surface area contributed by atoms with Gasteiger partial charge < -0.3 is 15.6 Å². The molecule has 2 aromatic heterocycles. The van der Waals surface area contributed by atoms with Gasteiger partial charge in [-0.25, -0.2) is 4.68 Å². The number of aromatic nitrogens is 3. The number of anilines is 1. The van der Waals surface area contributed by atoms with E-state index >= 15 is 0 Å². The average Bonchev–Trinajstić information content (AvgIpc) is 3.33. The van der Waals surface area contributed by atoms with Crippen LogP contribution in [0.1, 0.15) is 20.8 Å². The highest BCUT2D eigenvalue weighted by molar-refractivity contribution is 6.30. The third-order valence-electron chi connectivity index (χ3n) is 4.61. The van der Waals surface area contributed by atoms with Crippen molar-refractivity contribution in [1.29, 1.82) is 0 Å². The van der Waals surface area contributed by atoms with Gasteiger partial charge in [0.15, 0.2) is 0 Å². The monoisotopic (exact) mass is 419 g/mol. The Bertz CT molecular complexity index is 1230. The van der Waals surface area contributed by atoms with Gasteiger partial charge in [-0.05, 0) is 30.3 Å². The minimum atomic E-state index is -0.572. The first-order chi connectivity index (χ1) is 14.4. The van der Waals surface area contributed by atoms with Gasteiger partial charge in [-0.2, -0.15) is 5.10 Å². The molecule has 0 atom stereocenters. The highest BCUT2D eigenvalue weighted by Gasteiger charge is 2.20. The molecule has 2 amide bonds. The molecule has 7 nitrogen and oxygen atoms in total. The first kappa shape index (κ1) is 19.5. The van der Waals surface area contributed by atoms with Crippen LogP contribution in [0.5, 0.6) is 0 Å². The number of benzene rings is 2. The minimum Gasteiger partial charge on any atom is -0.364 e. The maximum atomic E-state index is 13.1. The fourth-order valence-electron chi connectivity index (χ4n) is 3.15. The fourth-order valence-corrected chi connectivity index (χ4v) is 3.28. The number of aryl methyl sites for hydroxylation is 1. The number of carbonyl (C=O) groups is 2. The Balaban J connectivity index is 1.74. The van der Waals surface area contributed by atoms with E-state index in [0.29, 0.717) is 27.7 Å². The molecule has 2 heterocycles. The summed E-state index contributed by atoms with van der Waals surface area (Å²) >= 11 is 6.01. The van der Waals surface area contributed by atoms with E-state index in [0.717, 1.165) is 11.3 Å². The lowest BCUT2D eigenvalue weighted by Crippen LogP contribution is -2.14. The Morgan fingerprint density at radius 3 is 2.37 bits per heavy atom. The van der Waals surface area contributed by atoms with Gasteiger partial charge in [-0.15, -0.1) is 0 Å². The van der Waals surface area contributed by atoms with Crippen molar-refractivity contribution in [3.05, 3.63) is 89.3 Å². The van der Waals surface area contributed by atoms with Crippen molar-refractivity contribution in [2.24, 2.45) is 12.8 Å². The average molecular weight is 420 g/mol. The van der Waals surface area contributed by atoms with Gasteiger partial charge in [-0.1, -0.05) is 41.9 Å². The molecule has 4 rings (SSSR count). The summed E-state index contributed by atoms with van der Waals surface area (Å²) in [5, 5.41) is 8.03. The largest absolute Gasteiger partial charge is 0.364 e. The SMILES string of the molecule is Cn1cc(NC(=O)c2cn(-c3ccccc3)nc2-c2ccc(Cl)cc2)cc1C(N)=O. The lowest BCUT2D eigenvalue weighted by atomic mass is 10.1. The molecule has 0 aliphatic rings. The summed E-state index contributed by atoms with van der Waals surface area (Å²) in [4.78, 5) is 24.6. The van der Waals surface area contributed by atoms with E-state index in [4.69, 9.17) is 17.3 Å². The third kappa shape index (κ3) is 3.83. The molecule has 0 unspecified atom stereocenters. The van der Waals surface area contributed by atoms with Crippen molar-refractivity contribution in [1.82, 2.24) is 14.3 Å². The molecule has 4 aromatic rings. The molecule has 0 fully saturated rings. The molecule has 8 heteroatoms. The number of rotatable bonds is 5. The van der Waals surface area contributed by atoms with Gasteiger partial charge in [-0.3, -0.25) is 9.59 Å². The van der Waals surface area contributed by atoms with Crippen LogP contribution in [0.25, 0.3) is 16.9 Å². The second-order valence-corrected chi connectivity index (χ2v) is 7.16. The predicted octanol–water partition coefficient (Wildman–Crippen LogP) is 3.88. The quantitative estimate of drug-likeness (QED) is 0.513. The standard InChI is InChI=1S/C22H18ClN5O2/c1-27-12-16(11-19(27)21(24)29)25-22(30)18-13-28(17-5-3-2-4-6-17)26-20(18)14-7-9-15(23)10-8-14/h2-13H,1H3,(H2,24,29)(H,25,30). The van der Waals surface area contributed by atoms with E-state index in [-0.39, 0.29) is 5.91 Å². The van der Waals surface area contributed by atoms with E-state index in [1.54, 1.807) is 40.8 Å². The first-order valence-electron chi connectivity index (χ1n) is 9.11. The third-order valence-corrected chi connectivity index (χ3v) is 4.86. The number of halogens is 1. The van der Waals surface area contributed by atoms with Crippen molar-refractivity contribution in [3.8, 4) is 16.9 Å². The van der Waals surface area contributed by atoms with Gasteiger partial charge in [0.2, 0.25) is 0 Å². The van der Waals surface area contributed by atoms with Crippen LogP contribution in [0, 0.1) is 0 Å². The van der Waals surface area contributed by atoms with Crippen LogP contribution in [-0.2, 0) is 7.05 Å². The number of amides is 2. The number of primary amides is 1. The molecule has 0 bridgehead atoms. The number of nitrogens with two attached hydrogens (primary N) is 1. The molecule has 30 heavy (non-hydrogen) atoms. The molecule has 0 aliphatic heterocycles. The van der Waals surface area contributed by atoms with Crippen LogP contribution in [0.4, 0.5) is 5.69 Å². The van der Waals surface area contributed by atoms with Crippen LogP contribution < -0.4 is 11.1 Å². The molecule has 150 valence electrons. The molecule has 0 radical (unpaired) electrons. The maximum absolute atomic E-state index is 13.1. The van der Waals surface area contributed by atoms with E-state index < -0.39 is 5.91 Å². The zero-order valence-electron chi connectivity index (χ0n) is 16.0.